The Bertz CT molecular complexity index is 807. The smallest absolute Gasteiger partial charge is 0.323 e. The van der Waals surface area contributed by atoms with Gasteiger partial charge in [-0.15, -0.1) is 0 Å². The van der Waals surface area contributed by atoms with Crippen LogP contribution in [-0.2, 0) is 14.4 Å². The molecule has 0 saturated carbocycles. The van der Waals surface area contributed by atoms with Crippen molar-refractivity contribution in [3.63, 3.8) is 0 Å². The van der Waals surface area contributed by atoms with Crippen LogP contribution in [0.1, 0.15) is 6.92 Å². The Morgan fingerprint density at radius 2 is 1.23 bits per heavy atom. The van der Waals surface area contributed by atoms with Crippen molar-refractivity contribution in [1.29, 1.82) is 0 Å². The van der Waals surface area contributed by atoms with E-state index in [1.807, 2.05) is 0 Å². The molecule has 2 aromatic carbocycles. The molecule has 2 rings (SSSR count). The molecule has 0 aliphatic carbocycles. The van der Waals surface area contributed by atoms with E-state index >= 15 is 0 Å². The molecule has 136 valence electrons. The minimum atomic E-state index is -1.17. The Morgan fingerprint density at radius 3 is 1.62 bits per heavy atom. The van der Waals surface area contributed by atoms with E-state index < -0.39 is 18.4 Å². The number of carbonyl (C=O) groups excluding carboxylic acids is 2. The second-order valence-electron chi connectivity index (χ2n) is 5.43. The van der Waals surface area contributed by atoms with Gasteiger partial charge in [-0.3, -0.25) is 19.3 Å². The Morgan fingerprint density at radius 1 is 0.808 bits per heavy atom. The van der Waals surface area contributed by atoms with E-state index in [1.54, 1.807) is 48.5 Å². The molecule has 0 unspecified atom stereocenters. The van der Waals surface area contributed by atoms with Crippen molar-refractivity contribution < 1.29 is 19.5 Å². The molecule has 26 heavy (non-hydrogen) atoms. The quantitative estimate of drug-likeness (QED) is 0.813. The summed E-state index contributed by atoms with van der Waals surface area (Å²) in [4.78, 5) is 38.2. The van der Waals surface area contributed by atoms with Crippen LogP contribution < -0.4 is 9.80 Å². The molecule has 8 heteroatoms. The van der Waals surface area contributed by atoms with Crippen molar-refractivity contribution in [2.24, 2.45) is 0 Å². The number of hydrogen-bond donors (Lipinski definition) is 1. The van der Waals surface area contributed by atoms with Gasteiger partial charge in [-0.2, -0.15) is 0 Å². The Kier molecular flexibility index (Phi) is 6.60. The highest BCUT2D eigenvalue weighted by molar-refractivity contribution is 6.31. The standard InChI is InChI=1S/C18H16Cl2N2O4/c1-12(23)21(15-6-2-13(19)3-7-15)10-17(24)22(11-18(25)26)16-8-4-14(20)5-9-16/h2-9H,10-11H2,1H3,(H,25,26). The van der Waals surface area contributed by atoms with Gasteiger partial charge < -0.3 is 10.0 Å². The average molecular weight is 395 g/mol. The molecule has 0 saturated heterocycles. The Hall–Kier alpha value is -2.57. The lowest BCUT2D eigenvalue weighted by Crippen LogP contribution is -2.44. The summed E-state index contributed by atoms with van der Waals surface area (Å²) in [6.07, 6.45) is 0. The summed E-state index contributed by atoms with van der Waals surface area (Å²) >= 11 is 11.7. The van der Waals surface area contributed by atoms with Crippen LogP contribution in [0.15, 0.2) is 48.5 Å². The molecule has 0 atom stereocenters. The van der Waals surface area contributed by atoms with E-state index in [1.165, 1.54) is 11.8 Å². The third-order valence-electron chi connectivity index (χ3n) is 3.54. The second kappa shape index (κ2) is 8.69. The van der Waals surface area contributed by atoms with E-state index in [9.17, 15) is 14.4 Å². The van der Waals surface area contributed by atoms with Crippen LogP contribution in [0.3, 0.4) is 0 Å². The van der Waals surface area contributed by atoms with Gasteiger partial charge >= 0.3 is 5.97 Å². The number of halogens is 2. The predicted octanol–water partition coefficient (Wildman–Crippen LogP) is 3.46. The molecule has 0 aliphatic heterocycles. The van der Waals surface area contributed by atoms with Crippen molar-refractivity contribution in [1.82, 2.24) is 0 Å². The molecule has 0 aromatic heterocycles. The van der Waals surface area contributed by atoms with Crippen LogP contribution >= 0.6 is 23.2 Å². The lowest BCUT2D eigenvalue weighted by Gasteiger charge is -2.26. The van der Waals surface area contributed by atoms with Gasteiger partial charge in [-0.05, 0) is 48.5 Å². The highest BCUT2D eigenvalue weighted by Crippen LogP contribution is 2.21. The highest BCUT2D eigenvalue weighted by atomic mass is 35.5. The number of carboxylic acid groups (broad SMARTS) is 1. The summed E-state index contributed by atoms with van der Waals surface area (Å²) in [7, 11) is 0. The Labute approximate surface area is 160 Å². The van der Waals surface area contributed by atoms with Crippen LogP contribution in [0.5, 0.6) is 0 Å². The van der Waals surface area contributed by atoms with E-state index in [2.05, 4.69) is 0 Å². The lowest BCUT2D eigenvalue weighted by atomic mass is 10.2. The van der Waals surface area contributed by atoms with Gasteiger partial charge in [0.15, 0.2) is 0 Å². The summed E-state index contributed by atoms with van der Waals surface area (Å²) < 4.78 is 0. The number of benzene rings is 2. The summed E-state index contributed by atoms with van der Waals surface area (Å²) in [5, 5.41) is 10.1. The fourth-order valence-corrected chi connectivity index (χ4v) is 2.56. The fraction of sp³-hybridized carbons (Fsp3) is 0.167. The lowest BCUT2D eigenvalue weighted by molar-refractivity contribution is -0.136. The summed E-state index contributed by atoms with van der Waals surface area (Å²) in [6.45, 7) is 0.478. The van der Waals surface area contributed by atoms with Gasteiger partial charge in [0.1, 0.15) is 13.1 Å². The molecule has 0 fully saturated rings. The number of carbonyl (C=O) groups is 3. The molecule has 0 heterocycles. The number of rotatable bonds is 6. The minimum absolute atomic E-state index is 0.313. The van der Waals surface area contributed by atoms with E-state index in [4.69, 9.17) is 28.3 Å². The van der Waals surface area contributed by atoms with Crippen LogP contribution in [0.4, 0.5) is 11.4 Å². The first kappa shape index (κ1) is 19.8. The van der Waals surface area contributed by atoms with Crippen molar-refractivity contribution in [2.75, 3.05) is 22.9 Å². The van der Waals surface area contributed by atoms with Crippen LogP contribution in [0.25, 0.3) is 0 Å². The monoisotopic (exact) mass is 394 g/mol. The molecule has 0 radical (unpaired) electrons. The molecule has 0 spiro atoms. The molecular weight excluding hydrogens is 379 g/mol. The molecule has 2 aromatic rings. The first-order chi connectivity index (χ1) is 12.3. The zero-order valence-electron chi connectivity index (χ0n) is 13.9. The van der Waals surface area contributed by atoms with Gasteiger partial charge in [0.25, 0.3) is 0 Å². The molecule has 6 nitrogen and oxygen atoms in total. The van der Waals surface area contributed by atoms with Gasteiger partial charge in [-0.1, -0.05) is 23.2 Å². The Balaban J connectivity index is 2.28. The normalized spacial score (nSPS) is 10.3. The van der Waals surface area contributed by atoms with E-state index in [0.717, 1.165) is 4.90 Å². The maximum atomic E-state index is 12.7. The largest absolute Gasteiger partial charge is 0.480 e. The van der Waals surface area contributed by atoms with E-state index in [0.29, 0.717) is 21.4 Å². The van der Waals surface area contributed by atoms with Gasteiger partial charge in [0.2, 0.25) is 11.8 Å². The van der Waals surface area contributed by atoms with Crippen molar-refractivity contribution in [3.8, 4) is 0 Å². The fourth-order valence-electron chi connectivity index (χ4n) is 2.31. The van der Waals surface area contributed by atoms with Crippen LogP contribution in [-0.4, -0.2) is 36.0 Å². The zero-order valence-corrected chi connectivity index (χ0v) is 15.4. The molecule has 2 amide bonds. The summed E-state index contributed by atoms with van der Waals surface area (Å²) in [5.41, 5.74) is 0.864. The summed E-state index contributed by atoms with van der Waals surface area (Å²) in [5.74, 6) is -2.07. The minimum Gasteiger partial charge on any atom is -0.480 e. The van der Waals surface area contributed by atoms with Gasteiger partial charge in [0.05, 0.1) is 0 Å². The van der Waals surface area contributed by atoms with Crippen molar-refractivity contribution >= 4 is 52.4 Å². The van der Waals surface area contributed by atoms with Gasteiger partial charge in [-0.25, -0.2) is 0 Å². The topological polar surface area (TPSA) is 77.9 Å². The summed E-state index contributed by atoms with van der Waals surface area (Å²) in [6, 6.07) is 12.6. The van der Waals surface area contributed by atoms with Crippen LogP contribution in [0, 0.1) is 0 Å². The third-order valence-corrected chi connectivity index (χ3v) is 4.05. The molecule has 0 bridgehead atoms. The third kappa shape index (κ3) is 5.21. The van der Waals surface area contributed by atoms with Crippen molar-refractivity contribution in [3.05, 3.63) is 58.6 Å². The number of hydrogen-bond acceptors (Lipinski definition) is 3. The van der Waals surface area contributed by atoms with Gasteiger partial charge in [0, 0.05) is 28.3 Å². The number of amides is 2. The number of aliphatic carboxylic acids is 1. The second-order valence-corrected chi connectivity index (χ2v) is 6.30. The average Bonchev–Trinajstić information content (AvgIpc) is 2.59. The first-order valence-electron chi connectivity index (χ1n) is 7.59. The zero-order chi connectivity index (χ0) is 19.3. The van der Waals surface area contributed by atoms with E-state index in [-0.39, 0.29) is 12.5 Å². The number of nitrogens with zero attached hydrogens (tertiary/aromatic N) is 2. The first-order valence-corrected chi connectivity index (χ1v) is 8.35. The van der Waals surface area contributed by atoms with Crippen LogP contribution in [0.2, 0.25) is 10.0 Å². The molecule has 1 N–H and O–H groups in total. The molecular formula is C18H16Cl2N2O4. The maximum absolute atomic E-state index is 12.7. The number of carboxylic acids is 1. The maximum Gasteiger partial charge on any atom is 0.323 e. The SMILES string of the molecule is CC(=O)N(CC(=O)N(CC(=O)O)c1ccc(Cl)cc1)c1ccc(Cl)cc1. The highest BCUT2D eigenvalue weighted by Gasteiger charge is 2.23. The van der Waals surface area contributed by atoms with Crippen molar-refractivity contribution in [2.45, 2.75) is 6.92 Å². The molecule has 0 aliphatic rings. The number of anilines is 2. The predicted molar refractivity (Wildman–Crippen MR) is 101 cm³/mol.